The molecule has 1 atom stereocenters. The predicted molar refractivity (Wildman–Crippen MR) is 73.7 cm³/mol. The number of alkyl halides is 1. The van der Waals surface area contributed by atoms with Crippen LogP contribution in [-0.2, 0) is 6.42 Å². The number of hydrogen-bond acceptors (Lipinski definition) is 1. The summed E-state index contributed by atoms with van der Waals surface area (Å²) in [6.07, 6.45) is 1.08. The summed E-state index contributed by atoms with van der Waals surface area (Å²) >= 11 is 3.75. The highest BCUT2D eigenvalue weighted by atomic mass is 79.9. The zero-order valence-electron chi connectivity index (χ0n) is 10.8. The van der Waals surface area contributed by atoms with Crippen LogP contribution in [0.2, 0.25) is 0 Å². The average Bonchev–Trinajstić information content (AvgIpc) is 2.22. The molecule has 90 valence electrons. The van der Waals surface area contributed by atoms with Crippen molar-refractivity contribution >= 4 is 15.9 Å². The SMILES string of the molecule is COc1cc(C)c(CC(Br)C(C)C)c(C)c1. The molecule has 0 amide bonds. The van der Waals surface area contributed by atoms with Crippen molar-refractivity contribution in [2.24, 2.45) is 5.92 Å². The number of rotatable bonds is 4. The van der Waals surface area contributed by atoms with Crippen LogP contribution in [0.25, 0.3) is 0 Å². The zero-order valence-corrected chi connectivity index (χ0v) is 12.4. The van der Waals surface area contributed by atoms with Crippen LogP contribution in [0.5, 0.6) is 5.75 Å². The second-order valence-corrected chi connectivity index (χ2v) is 5.88. The summed E-state index contributed by atoms with van der Waals surface area (Å²) < 4.78 is 5.27. The van der Waals surface area contributed by atoms with Crippen LogP contribution in [0, 0.1) is 19.8 Å². The van der Waals surface area contributed by atoms with E-state index in [1.807, 2.05) is 0 Å². The van der Waals surface area contributed by atoms with Crippen LogP contribution in [0.15, 0.2) is 12.1 Å². The van der Waals surface area contributed by atoms with Crippen LogP contribution >= 0.6 is 15.9 Å². The van der Waals surface area contributed by atoms with E-state index in [0.29, 0.717) is 10.7 Å². The molecular weight excluding hydrogens is 264 g/mol. The minimum absolute atomic E-state index is 0.540. The largest absolute Gasteiger partial charge is 0.497 e. The van der Waals surface area contributed by atoms with Gasteiger partial charge in [0.1, 0.15) is 5.75 Å². The first-order valence-corrected chi connectivity index (χ1v) is 6.65. The van der Waals surface area contributed by atoms with E-state index in [1.54, 1.807) is 7.11 Å². The molecule has 0 bridgehead atoms. The first-order valence-electron chi connectivity index (χ1n) is 5.74. The number of halogens is 1. The number of hydrogen-bond donors (Lipinski definition) is 0. The molecule has 1 aromatic carbocycles. The normalized spacial score (nSPS) is 12.9. The molecule has 0 aliphatic heterocycles. The minimum Gasteiger partial charge on any atom is -0.497 e. The van der Waals surface area contributed by atoms with Crippen LogP contribution < -0.4 is 4.74 Å². The van der Waals surface area contributed by atoms with Crippen LogP contribution in [0.3, 0.4) is 0 Å². The second kappa shape index (κ2) is 5.72. The second-order valence-electron chi connectivity index (χ2n) is 4.70. The van der Waals surface area contributed by atoms with E-state index >= 15 is 0 Å². The van der Waals surface area contributed by atoms with Gasteiger partial charge in [-0.05, 0) is 55.0 Å². The lowest BCUT2D eigenvalue weighted by Crippen LogP contribution is -2.12. The Balaban J connectivity index is 2.96. The molecule has 0 fully saturated rings. The molecule has 2 heteroatoms. The first-order chi connectivity index (χ1) is 7.45. The van der Waals surface area contributed by atoms with Crippen molar-refractivity contribution in [2.45, 2.75) is 38.9 Å². The quantitative estimate of drug-likeness (QED) is 0.750. The molecule has 0 spiro atoms. The highest BCUT2D eigenvalue weighted by Gasteiger charge is 2.13. The molecule has 0 N–H and O–H groups in total. The van der Waals surface area contributed by atoms with Crippen molar-refractivity contribution in [1.29, 1.82) is 0 Å². The third-order valence-corrected chi connectivity index (χ3v) is 4.41. The summed E-state index contributed by atoms with van der Waals surface area (Å²) in [6, 6.07) is 4.23. The highest BCUT2D eigenvalue weighted by molar-refractivity contribution is 9.09. The lowest BCUT2D eigenvalue weighted by molar-refractivity contribution is 0.414. The number of aryl methyl sites for hydroxylation is 2. The molecule has 16 heavy (non-hydrogen) atoms. The van der Waals surface area contributed by atoms with Gasteiger partial charge in [0.05, 0.1) is 7.11 Å². The lowest BCUT2D eigenvalue weighted by Gasteiger charge is -2.18. The Morgan fingerprint density at radius 3 is 2.06 bits per heavy atom. The molecular formula is C14H21BrO. The molecule has 0 saturated heterocycles. The van der Waals surface area contributed by atoms with Gasteiger partial charge in [0, 0.05) is 4.83 Å². The molecule has 0 saturated carbocycles. The van der Waals surface area contributed by atoms with Crippen molar-refractivity contribution in [1.82, 2.24) is 0 Å². The van der Waals surface area contributed by atoms with Gasteiger partial charge in [-0.3, -0.25) is 0 Å². The molecule has 0 aliphatic rings. The maximum atomic E-state index is 5.27. The van der Waals surface area contributed by atoms with Crippen molar-refractivity contribution in [2.75, 3.05) is 7.11 Å². The van der Waals surface area contributed by atoms with E-state index < -0.39 is 0 Å². The summed E-state index contributed by atoms with van der Waals surface area (Å²) in [4.78, 5) is 0.540. The van der Waals surface area contributed by atoms with Gasteiger partial charge in [-0.15, -0.1) is 0 Å². The van der Waals surface area contributed by atoms with Crippen LogP contribution in [-0.4, -0.2) is 11.9 Å². The fourth-order valence-electron chi connectivity index (χ4n) is 1.82. The Labute approximate surface area is 107 Å². The van der Waals surface area contributed by atoms with Gasteiger partial charge in [0.2, 0.25) is 0 Å². The zero-order chi connectivity index (χ0) is 12.3. The minimum atomic E-state index is 0.540. The fraction of sp³-hybridized carbons (Fsp3) is 0.571. The maximum absolute atomic E-state index is 5.27. The molecule has 0 aliphatic carbocycles. The summed E-state index contributed by atoms with van der Waals surface area (Å²) in [5.74, 6) is 1.61. The van der Waals surface area contributed by atoms with Crippen molar-refractivity contribution in [3.05, 3.63) is 28.8 Å². The summed E-state index contributed by atoms with van der Waals surface area (Å²) in [5, 5.41) is 0. The molecule has 1 aromatic rings. The van der Waals surface area contributed by atoms with Gasteiger partial charge in [-0.2, -0.15) is 0 Å². The molecule has 0 heterocycles. The van der Waals surface area contributed by atoms with E-state index in [0.717, 1.165) is 12.2 Å². The molecule has 1 rings (SSSR count). The molecule has 0 radical (unpaired) electrons. The lowest BCUT2D eigenvalue weighted by atomic mass is 9.95. The number of ether oxygens (including phenoxy) is 1. The van der Waals surface area contributed by atoms with Gasteiger partial charge in [-0.25, -0.2) is 0 Å². The fourth-order valence-corrected chi connectivity index (χ4v) is 2.15. The summed E-state index contributed by atoms with van der Waals surface area (Å²) in [5.41, 5.74) is 4.08. The third kappa shape index (κ3) is 3.24. The Morgan fingerprint density at radius 1 is 1.19 bits per heavy atom. The Hall–Kier alpha value is -0.500. The van der Waals surface area contributed by atoms with Crippen molar-refractivity contribution in [3.63, 3.8) is 0 Å². The topological polar surface area (TPSA) is 9.23 Å². The Bertz CT molecular complexity index is 335. The van der Waals surface area contributed by atoms with Gasteiger partial charge in [0.15, 0.2) is 0 Å². The molecule has 1 nitrogen and oxygen atoms in total. The van der Waals surface area contributed by atoms with Gasteiger partial charge in [0.25, 0.3) is 0 Å². The van der Waals surface area contributed by atoms with E-state index in [2.05, 4.69) is 55.8 Å². The summed E-state index contributed by atoms with van der Waals surface area (Å²) in [7, 11) is 1.72. The van der Waals surface area contributed by atoms with E-state index in [1.165, 1.54) is 16.7 Å². The van der Waals surface area contributed by atoms with Gasteiger partial charge < -0.3 is 4.74 Å². The molecule has 0 aromatic heterocycles. The predicted octanol–water partition coefficient (Wildman–Crippen LogP) is 4.27. The van der Waals surface area contributed by atoms with Crippen LogP contribution in [0.1, 0.15) is 30.5 Å². The van der Waals surface area contributed by atoms with E-state index in [-0.39, 0.29) is 0 Å². The maximum Gasteiger partial charge on any atom is 0.119 e. The number of methoxy groups -OCH3 is 1. The number of benzene rings is 1. The first kappa shape index (κ1) is 13.6. The third-order valence-electron chi connectivity index (χ3n) is 3.03. The highest BCUT2D eigenvalue weighted by Crippen LogP contribution is 2.26. The Morgan fingerprint density at radius 2 is 1.69 bits per heavy atom. The molecule has 1 unspecified atom stereocenters. The van der Waals surface area contributed by atoms with Crippen molar-refractivity contribution < 1.29 is 4.74 Å². The van der Waals surface area contributed by atoms with E-state index in [9.17, 15) is 0 Å². The van der Waals surface area contributed by atoms with Crippen LogP contribution in [0.4, 0.5) is 0 Å². The monoisotopic (exact) mass is 284 g/mol. The standard InChI is InChI=1S/C14H21BrO/c1-9(2)14(15)8-13-10(3)6-12(16-5)7-11(13)4/h6-7,9,14H,8H2,1-5H3. The average molecular weight is 285 g/mol. The van der Waals surface area contributed by atoms with Gasteiger partial charge in [-0.1, -0.05) is 29.8 Å². The van der Waals surface area contributed by atoms with Gasteiger partial charge >= 0.3 is 0 Å². The Kier molecular flexibility index (Phi) is 4.85. The smallest absolute Gasteiger partial charge is 0.119 e. The summed E-state index contributed by atoms with van der Waals surface area (Å²) in [6.45, 7) is 8.80. The van der Waals surface area contributed by atoms with Crippen molar-refractivity contribution in [3.8, 4) is 5.75 Å². The van der Waals surface area contributed by atoms with E-state index in [4.69, 9.17) is 4.74 Å².